The van der Waals surface area contributed by atoms with Gasteiger partial charge in [-0.2, -0.15) is 0 Å². The van der Waals surface area contributed by atoms with E-state index in [1.165, 1.54) is 18.5 Å². The monoisotopic (exact) mass is 180 g/mol. The molecule has 0 aliphatic carbocycles. The van der Waals surface area contributed by atoms with Crippen LogP contribution in [0.4, 0.5) is 4.39 Å². The lowest BCUT2D eigenvalue weighted by Crippen LogP contribution is -1.68. The van der Waals surface area contributed by atoms with E-state index < -0.39 is 0 Å². The molecule has 0 spiro atoms. The van der Waals surface area contributed by atoms with Gasteiger partial charge < -0.3 is 0 Å². The maximum absolute atomic E-state index is 12.1. The van der Waals surface area contributed by atoms with Crippen LogP contribution in [0.3, 0.4) is 0 Å². The van der Waals surface area contributed by atoms with Crippen molar-refractivity contribution in [3.8, 4) is 0 Å². The third-order valence-corrected chi connectivity index (χ3v) is 1.02. The number of alkyl halides is 1. The lowest BCUT2D eigenvalue weighted by atomic mass is 10.4. The van der Waals surface area contributed by atoms with Gasteiger partial charge in [0.05, 0.1) is 0 Å². The topological polar surface area (TPSA) is 0 Å². The zero-order chi connectivity index (χ0) is 7.98. The summed E-state index contributed by atoms with van der Waals surface area (Å²) in [5.41, 5.74) is 0. The van der Waals surface area contributed by atoms with Crippen molar-refractivity contribution in [3.63, 3.8) is 0 Å². The molecule has 0 aliphatic rings. The maximum atomic E-state index is 12.1. The van der Waals surface area contributed by atoms with Gasteiger partial charge in [0.1, 0.15) is 5.82 Å². The van der Waals surface area contributed by atoms with E-state index in [2.05, 4.69) is 11.6 Å². The van der Waals surface area contributed by atoms with Crippen molar-refractivity contribution in [2.45, 2.75) is 0 Å². The third-order valence-electron chi connectivity index (χ3n) is 0.787. The summed E-state index contributed by atoms with van der Waals surface area (Å²) in [6, 6.07) is 5.82. The molecule has 0 amide bonds. The number of benzene rings is 1. The van der Waals surface area contributed by atoms with Gasteiger partial charge in [0.2, 0.25) is 0 Å². The lowest BCUT2D eigenvalue weighted by Gasteiger charge is -1.85. The summed E-state index contributed by atoms with van der Waals surface area (Å²) in [6.45, 7) is 0. The Bertz CT molecular complexity index is 171. The molecule has 1 aromatic rings. The lowest BCUT2D eigenvalue weighted by molar-refractivity contribution is 0.628. The van der Waals surface area contributed by atoms with E-state index in [1.54, 1.807) is 12.1 Å². The highest BCUT2D eigenvalue weighted by atomic mass is 35.5. The number of hydrogen-bond acceptors (Lipinski definition) is 0. The van der Waals surface area contributed by atoms with Gasteiger partial charge in [0.15, 0.2) is 0 Å². The first kappa shape index (κ1) is 9.73. The molecule has 0 N–H and O–H groups in total. The summed E-state index contributed by atoms with van der Waals surface area (Å²) < 4.78 is 12.1. The fraction of sp³-hybridized carbons (Fsp3) is 0.143. The minimum atomic E-state index is -0.294. The van der Waals surface area contributed by atoms with Crippen LogP contribution in [0.1, 0.15) is 0 Å². The molecule has 0 atom stereocenters. The van der Waals surface area contributed by atoms with Crippen LogP contribution < -0.4 is 0 Å². The second-order valence-corrected chi connectivity index (χ2v) is 1.88. The molecule has 0 heterocycles. The number of halogens is 3. The third kappa shape index (κ3) is 3.70. The van der Waals surface area contributed by atoms with Crippen molar-refractivity contribution in [1.29, 1.82) is 0 Å². The van der Waals surface area contributed by atoms with Crippen LogP contribution in [-0.2, 0) is 0 Å². The van der Waals surface area contributed by atoms with Gasteiger partial charge in [-0.25, -0.2) is 4.39 Å². The highest BCUT2D eigenvalue weighted by molar-refractivity contribution is 6.30. The van der Waals surface area contributed by atoms with Crippen molar-refractivity contribution >= 4 is 23.2 Å². The van der Waals surface area contributed by atoms with Crippen molar-refractivity contribution < 1.29 is 4.39 Å². The summed E-state index contributed by atoms with van der Waals surface area (Å²) in [5, 5.41) is 0.435. The minimum absolute atomic E-state index is 0.294. The Morgan fingerprint density at radius 2 is 1.90 bits per heavy atom. The van der Waals surface area contributed by atoms with Gasteiger partial charge in [-0.05, 0) is 18.2 Å². The van der Waals surface area contributed by atoms with Gasteiger partial charge in [-0.1, -0.05) is 17.7 Å². The predicted octanol–water partition coefficient (Wildman–Crippen LogP) is 3.33. The van der Waals surface area contributed by atoms with Crippen LogP contribution in [0.5, 0.6) is 0 Å². The molecular weight excluding hydrogens is 174 g/mol. The quantitative estimate of drug-likeness (QED) is 0.538. The minimum Gasteiger partial charge on any atom is -0.207 e. The van der Waals surface area contributed by atoms with E-state index in [0.717, 1.165) is 0 Å². The Morgan fingerprint density at radius 1 is 1.30 bits per heavy atom. The molecule has 1 aromatic carbocycles. The smallest absolute Gasteiger partial charge is 0.124 e. The van der Waals surface area contributed by atoms with E-state index >= 15 is 0 Å². The van der Waals surface area contributed by atoms with Crippen LogP contribution in [0.15, 0.2) is 24.3 Å². The van der Waals surface area contributed by atoms with E-state index in [9.17, 15) is 4.39 Å². The molecule has 0 radical (unpaired) electrons. The predicted molar refractivity (Wildman–Crippen MR) is 43.2 cm³/mol. The van der Waals surface area contributed by atoms with E-state index in [4.69, 9.17) is 11.6 Å². The van der Waals surface area contributed by atoms with Crippen molar-refractivity contribution in [2.24, 2.45) is 0 Å². The molecule has 0 nitrogen and oxygen atoms in total. The summed E-state index contributed by atoms with van der Waals surface area (Å²) in [6.07, 6.45) is 1.47. The maximum Gasteiger partial charge on any atom is 0.124 e. The van der Waals surface area contributed by atoms with Crippen LogP contribution >= 0.6 is 23.2 Å². The second-order valence-electron chi connectivity index (χ2n) is 1.44. The normalized spacial score (nSPS) is 8.00. The first-order chi connectivity index (χ1) is 4.79. The van der Waals surface area contributed by atoms with Gasteiger partial charge in [-0.15, -0.1) is 11.6 Å². The largest absolute Gasteiger partial charge is 0.207 e. The van der Waals surface area contributed by atoms with Gasteiger partial charge >= 0.3 is 0 Å². The Hall–Kier alpha value is -0.270. The number of hydrogen-bond donors (Lipinski definition) is 0. The highest BCUT2D eigenvalue weighted by Crippen LogP contribution is 2.07. The van der Waals surface area contributed by atoms with Crippen LogP contribution in [0.25, 0.3) is 0 Å². The first-order valence-corrected chi connectivity index (χ1v) is 3.71. The zero-order valence-corrected chi connectivity index (χ0v) is 6.96. The summed E-state index contributed by atoms with van der Waals surface area (Å²) >= 11 is 10.0. The van der Waals surface area contributed by atoms with Crippen LogP contribution in [0, 0.1) is 5.82 Å². The fourth-order valence-corrected chi connectivity index (χ4v) is 0.637. The first-order valence-electron chi connectivity index (χ1n) is 2.58. The molecule has 0 saturated heterocycles. The molecule has 3 heteroatoms. The molecule has 0 aliphatic heterocycles. The number of rotatable bonds is 0. The Kier molecular flexibility index (Phi) is 5.36. The average molecular weight is 181 g/mol. The fourth-order valence-electron chi connectivity index (χ4n) is 0.460. The average Bonchev–Trinajstić information content (AvgIpc) is 1.91. The molecule has 0 fully saturated rings. The van der Waals surface area contributed by atoms with E-state index in [0.29, 0.717) is 5.02 Å². The molecule has 0 unspecified atom stereocenters. The summed E-state index contributed by atoms with van der Waals surface area (Å²) in [4.78, 5) is 0. The molecule has 0 aromatic heterocycles. The van der Waals surface area contributed by atoms with E-state index in [1.807, 2.05) is 0 Å². The van der Waals surface area contributed by atoms with Gasteiger partial charge in [0, 0.05) is 11.4 Å². The highest BCUT2D eigenvalue weighted by Gasteiger charge is 1.86. The van der Waals surface area contributed by atoms with E-state index in [-0.39, 0.29) is 5.82 Å². The zero-order valence-electron chi connectivity index (χ0n) is 5.44. The van der Waals surface area contributed by atoms with Gasteiger partial charge in [0.25, 0.3) is 0 Å². The molecule has 1 rings (SSSR count). The Balaban J connectivity index is 0.000000371. The Labute approximate surface area is 69.6 Å². The van der Waals surface area contributed by atoms with Crippen LogP contribution in [-0.4, -0.2) is 6.38 Å². The molecule has 0 saturated carbocycles. The van der Waals surface area contributed by atoms with Crippen molar-refractivity contribution in [3.05, 3.63) is 35.1 Å². The second kappa shape index (κ2) is 5.51. The van der Waals surface area contributed by atoms with Crippen molar-refractivity contribution in [1.82, 2.24) is 0 Å². The van der Waals surface area contributed by atoms with Crippen molar-refractivity contribution in [2.75, 3.05) is 6.38 Å². The molecular formula is C7H7Cl2F. The standard InChI is InChI=1S/C6H4ClF.CH3Cl/c7-5-2-1-3-6(8)4-5;1-2/h1-4H;1H3. The Morgan fingerprint density at radius 3 is 2.20 bits per heavy atom. The summed E-state index contributed by atoms with van der Waals surface area (Å²) in [5.74, 6) is -0.294. The molecule has 0 bridgehead atoms. The SMILES string of the molecule is CCl.Fc1cccc(Cl)c1. The van der Waals surface area contributed by atoms with Crippen LogP contribution in [0.2, 0.25) is 5.02 Å². The summed E-state index contributed by atoms with van der Waals surface area (Å²) in [7, 11) is 0. The van der Waals surface area contributed by atoms with Gasteiger partial charge in [-0.3, -0.25) is 0 Å². The molecule has 56 valence electrons. The molecule has 10 heavy (non-hydrogen) atoms.